The number of halogens is 4. The molecule has 1 aromatic heterocycles. The van der Waals surface area contributed by atoms with Crippen molar-refractivity contribution in [3.05, 3.63) is 28.5 Å². The van der Waals surface area contributed by atoms with Crippen LogP contribution in [0.15, 0.2) is 22.7 Å². The van der Waals surface area contributed by atoms with E-state index in [1.807, 2.05) is 0 Å². The Balaban J connectivity index is 2.63. The molecule has 0 spiro atoms. The van der Waals surface area contributed by atoms with Crippen LogP contribution in [0.5, 0.6) is 0 Å². The third-order valence-electron chi connectivity index (χ3n) is 1.71. The van der Waals surface area contributed by atoms with Gasteiger partial charge in [-0.3, -0.25) is 0 Å². The molecule has 0 amide bonds. The van der Waals surface area contributed by atoms with Crippen LogP contribution in [0.2, 0.25) is 0 Å². The van der Waals surface area contributed by atoms with Gasteiger partial charge in [0.1, 0.15) is 0 Å². The Hall–Kier alpha value is -1.04. The highest BCUT2D eigenvalue weighted by Crippen LogP contribution is 2.29. The SMILES string of the molecule is FC(F)(F)c1nc2ccc(Br)cc2[nH]1. The van der Waals surface area contributed by atoms with Gasteiger partial charge in [-0.05, 0) is 18.2 Å². The Kier molecular flexibility index (Phi) is 2.02. The van der Waals surface area contributed by atoms with Crippen LogP contribution in [0.3, 0.4) is 0 Å². The topological polar surface area (TPSA) is 28.7 Å². The molecule has 0 aliphatic heterocycles. The molecule has 6 heteroatoms. The average Bonchev–Trinajstić information content (AvgIpc) is 2.45. The van der Waals surface area contributed by atoms with E-state index < -0.39 is 12.0 Å². The van der Waals surface area contributed by atoms with Gasteiger partial charge in [-0.2, -0.15) is 13.2 Å². The number of hydrogen-bond donors (Lipinski definition) is 1. The zero-order valence-corrected chi connectivity index (χ0v) is 8.28. The number of hydrogen-bond acceptors (Lipinski definition) is 1. The zero-order chi connectivity index (χ0) is 10.3. The van der Waals surface area contributed by atoms with Gasteiger partial charge in [0, 0.05) is 4.47 Å². The molecule has 0 radical (unpaired) electrons. The number of alkyl halides is 3. The Bertz CT molecular complexity index is 475. The number of H-pyrrole nitrogens is 1. The molecule has 0 bridgehead atoms. The molecule has 0 fully saturated rings. The summed E-state index contributed by atoms with van der Waals surface area (Å²) in [5, 5.41) is 0. The summed E-state index contributed by atoms with van der Waals surface area (Å²) in [5.74, 6) is -0.967. The molecule has 1 heterocycles. The number of benzene rings is 1. The Morgan fingerprint density at radius 2 is 2.00 bits per heavy atom. The Morgan fingerprint density at radius 1 is 1.29 bits per heavy atom. The number of nitrogens with one attached hydrogen (secondary N) is 1. The maximum Gasteiger partial charge on any atom is 0.449 e. The molecule has 2 nitrogen and oxygen atoms in total. The molecule has 0 unspecified atom stereocenters. The summed E-state index contributed by atoms with van der Waals surface area (Å²) >= 11 is 3.16. The van der Waals surface area contributed by atoms with Crippen molar-refractivity contribution in [2.45, 2.75) is 6.18 Å². The normalized spacial score (nSPS) is 12.3. The summed E-state index contributed by atoms with van der Waals surface area (Å²) in [6.07, 6.45) is -4.43. The maximum atomic E-state index is 12.2. The first-order valence-electron chi connectivity index (χ1n) is 3.69. The molecular weight excluding hydrogens is 261 g/mol. The maximum absolute atomic E-state index is 12.2. The lowest BCUT2D eigenvalue weighted by Crippen LogP contribution is -2.06. The minimum Gasteiger partial charge on any atom is -0.334 e. The van der Waals surface area contributed by atoms with Gasteiger partial charge in [0.15, 0.2) is 0 Å². The van der Waals surface area contributed by atoms with Gasteiger partial charge < -0.3 is 4.98 Å². The van der Waals surface area contributed by atoms with Gasteiger partial charge in [0.25, 0.3) is 0 Å². The highest BCUT2D eigenvalue weighted by molar-refractivity contribution is 9.10. The van der Waals surface area contributed by atoms with Crippen LogP contribution in [-0.4, -0.2) is 9.97 Å². The Labute approximate surface area is 85.3 Å². The largest absolute Gasteiger partial charge is 0.449 e. The molecule has 2 aromatic rings. The molecule has 0 atom stereocenters. The van der Waals surface area contributed by atoms with E-state index in [2.05, 4.69) is 25.9 Å². The van der Waals surface area contributed by atoms with Gasteiger partial charge in [-0.15, -0.1) is 0 Å². The molecule has 74 valence electrons. The van der Waals surface area contributed by atoms with Crippen molar-refractivity contribution in [3.8, 4) is 0 Å². The lowest BCUT2D eigenvalue weighted by molar-refractivity contribution is -0.144. The summed E-state index contributed by atoms with van der Waals surface area (Å²) in [7, 11) is 0. The fraction of sp³-hybridized carbons (Fsp3) is 0.125. The molecule has 1 aromatic carbocycles. The smallest absolute Gasteiger partial charge is 0.334 e. The predicted octanol–water partition coefficient (Wildman–Crippen LogP) is 3.34. The number of nitrogens with zero attached hydrogens (tertiary/aromatic N) is 1. The summed E-state index contributed by atoms with van der Waals surface area (Å²) in [6.45, 7) is 0. The minimum atomic E-state index is -4.43. The first-order valence-corrected chi connectivity index (χ1v) is 4.48. The van der Waals surface area contributed by atoms with E-state index in [1.54, 1.807) is 12.1 Å². The predicted molar refractivity (Wildman–Crippen MR) is 48.8 cm³/mol. The van der Waals surface area contributed by atoms with Crippen LogP contribution in [0.4, 0.5) is 13.2 Å². The number of aromatic nitrogens is 2. The zero-order valence-electron chi connectivity index (χ0n) is 6.69. The van der Waals surface area contributed by atoms with E-state index in [-0.39, 0.29) is 0 Å². The van der Waals surface area contributed by atoms with Crippen LogP contribution >= 0.6 is 15.9 Å². The molecule has 0 saturated heterocycles. The van der Waals surface area contributed by atoms with Gasteiger partial charge >= 0.3 is 6.18 Å². The molecule has 2 rings (SSSR count). The first kappa shape index (κ1) is 9.51. The fourth-order valence-corrected chi connectivity index (χ4v) is 1.48. The van der Waals surface area contributed by atoms with Crippen LogP contribution in [0, 0.1) is 0 Å². The van der Waals surface area contributed by atoms with Crippen molar-refractivity contribution in [1.82, 2.24) is 9.97 Å². The summed E-state index contributed by atoms with van der Waals surface area (Å²) in [4.78, 5) is 5.63. The van der Waals surface area contributed by atoms with Crippen LogP contribution in [0.1, 0.15) is 5.82 Å². The molecular formula is C8H4BrF3N2. The third-order valence-corrected chi connectivity index (χ3v) is 2.21. The third kappa shape index (κ3) is 1.61. The molecule has 1 N–H and O–H groups in total. The standard InChI is InChI=1S/C8H4BrF3N2/c9-4-1-2-5-6(3-4)14-7(13-5)8(10,11)12/h1-3H,(H,13,14). The number of fused-ring (bicyclic) bond motifs is 1. The second-order valence-corrected chi connectivity index (χ2v) is 3.66. The number of rotatable bonds is 0. The van der Waals surface area contributed by atoms with E-state index in [0.717, 1.165) is 0 Å². The van der Waals surface area contributed by atoms with Crippen LogP contribution in [0.25, 0.3) is 11.0 Å². The van der Waals surface area contributed by atoms with Crippen molar-refractivity contribution < 1.29 is 13.2 Å². The summed E-state index contributed by atoms with van der Waals surface area (Å²) in [6, 6.07) is 4.71. The lowest BCUT2D eigenvalue weighted by atomic mass is 10.3. The molecule has 0 saturated carbocycles. The second kappa shape index (κ2) is 2.98. The van der Waals surface area contributed by atoms with Crippen molar-refractivity contribution >= 4 is 27.0 Å². The van der Waals surface area contributed by atoms with E-state index in [0.29, 0.717) is 15.5 Å². The van der Waals surface area contributed by atoms with E-state index >= 15 is 0 Å². The van der Waals surface area contributed by atoms with Crippen LogP contribution in [-0.2, 0) is 6.18 Å². The quantitative estimate of drug-likeness (QED) is 0.777. The van der Waals surface area contributed by atoms with Gasteiger partial charge in [-0.1, -0.05) is 15.9 Å². The highest BCUT2D eigenvalue weighted by atomic mass is 79.9. The monoisotopic (exact) mass is 264 g/mol. The lowest BCUT2D eigenvalue weighted by Gasteiger charge is -1.98. The number of imidazole rings is 1. The minimum absolute atomic E-state index is 0.306. The van der Waals surface area contributed by atoms with Crippen molar-refractivity contribution in [1.29, 1.82) is 0 Å². The van der Waals surface area contributed by atoms with E-state index in [9.17, 15) is 13.2 Å². The van der Waals surface area contributed by atoms with Crippen molar-refractivity contribution in [2.24, 2.45) is 0 Å². The first-order chi connectivity index (χ1) is 6.47. The molecule has 14 heavy (non-hydrogen) atoms. The molecule has 0 aliphatic rings. The van der Waals surface area contributed by atoms with Gasteiger partial charge in [0.05, 0.1) is 11.0 Å². The molecule has 0 aliphatic carbocycles. The fourth-order valence-electron chi connectivity index (χ4n) is 1.12. The van der Waals surface area contributed by atoms with E-state index in [4.69, 9.17) is 0 Å². The van der Waals surface area contributed by atoms with Gasteiger partial charge in [0.2, 0.25) is 5.82 Å². The second-order valence-electron chi connectivity index (χ2n) is 2.74. The highest BCUT2D eigenvalue weighted by Gasteiger charge is 2.34. The van der Waals surface area contributed by atoms with E-state index in [1.165, 1.54) is 6.07 Å². The van der Waals surface area contributed by atoms with Crippen molar-refractivity contribution in [3.63, 3.8) is 0 Å². The van der Waals surface area contributed by atoms with Crippen molar-refractivity contribution in [2.75, 3.05) is 0 Å². The average molecular weight is 265 g/mol. The summed E-state index contributed by atoms with van der Waals surface area (Å²) in [5.41, 5.74) is 0.673. The Morgan fingerprint density at radius 3 is 2.64 bits per heavy atom. The number of aromatic amines is 1. The van der Waals surface area contributed by atoms with Crippen LogP contribution < -0.4 is 0 Å². The van der Waals surface area contributed by atoms with Gasteiger partial charge in [-0.25, -0.2) is 4.98 Å². The summed E-state index contributed by atoms with van der Waals surface area (Å²) < 4.78 is 37.4.